The Labute approximate surface area is 119 Å². The Morgan fingerprint density at radius 3 is 2.21 bits per heavy atom. The molecule has 0 aliphatic rings. The van der Waals surface area contributed by atoms with E-state index in [1.54, 1.807) is 24.3 Å². The van der Waals surface area contributed by atoms with E-state index in [2.05, 4.69) is 10.6 Å². The Morgan fingerprint density at radius 1 is 0.947 bits per heavy atom. The summed E-state index contributed by atoms with van der Waals surface area (Å²) in [7, 11) is 0. The van der Waals surface area contributed by atoms with Crippen molar-refractivity contribution in [1.82, 2.24) is 0 Å². The van der Waals surface area contributed by atoms with Crippen molar-refractivity contribution in [2.75, 3.05) is 10.6 Å². The van der Waals surface area contributed by atoms with Crippen molar-refractivity contribution in [1.29, 1.82) is 0 Å². The van der Waals surface area contributed by atoms with E-state index in [1.165, 1.54) is 18.2 Å². The lowest BCUT2D eigenvalue weighted by molar-refractivity contribution is 0.262. The second kappa shape index (κ2) is 5.91. The molecule has 0 aliphatic carbocycles. The average molecular weight is 299 g/mol. The first kappa shape index (κ1) is 13.6. The van der Waals surface area contributed by atoms with Gasteiger partial charge in [-0.15, -0.1) is 0 Å². The molecule has 0 aromatic heterocycles. The topological polar surface area (TPSA) is 41.1 Å². The molecule has 98 valence electrons. The fraction of sp³-hybridized carbons (Fsp3) is 0. The summed E-state index contributed by atoms with van der Waals surface area (Å²) in [6.07, 6.45) is 0. The summed E-state index contributed by atoms with van der Waals surface area (Å²) in [5, 5.41) is 5.87. The van der Waals surface area contributed by atoms with Gasteiger partial charge in [-0.3, -0.25) is 0 Å². The smallest absolute Gasteiger partial charge is 0.308 e. The van der Waals surface area contributed by atoms with Crippen molar-refractivity contribution >= 4 is 40.6 Å². The molecule has 19 heavy (non-hydrogen) atoms. The van der Waals surface area contributed by atoms with E-state index in [1.807, 2.05) is 0 Å². The Hall–Kier alpha value is -1.78. The predicted octanol–water partition coefficient (Wildman–Crippen LogP) is 4.78. The molecule has 2 aromatic rings. The molecule has 0 bridgehead atoms. The lowest BCUT2D eigenvalue weighted by atomic mass is 10.3. The van der Waals surface area contributed by atoms with Crippen LogP contribution in [0.25, 0.3) is 0 Å². The number of hydrogen-bond acceptors (Lipinski definition) is 1. The predicted molar refractivity (Wildman–Crippen MR) is 75.5 cm³/mol. The van der Waals surface area contributed by atoms with E-state index in [-0.39, 0.29) is 0 Å². The Bertz CT molecular complexity index is 599. The van der Waals surface area contributed by atoms with Crippen molar-refractivity contribution in [2.24, 2.45) is 0 Å². The summed E-state index contributed by atoms with van der Waals surface area (Å²) in [6, 6.07) is 9.73. The number of anilines is 2. The number of benzene rings is 2. The summed E-state index contributed by atoms with van der Waals surface area (Å²) in [4.78, 5) is 11.7. The third kappa shape index (κ3) is 4.12. The van der Waals surface area contributed by atoms with Crippen molar-refractivity contribution in [3.63, 3.8) is 0 Å². The number of halogens is 3. The van der Waals surface area contributed by atoms with E-state index >= 15 is 0 Å². The zero-order chi connectivity index (χ0) is 13.8. The van der Waals surface area contributed by atoms with Gasteiger partial charge in [0, 0.05) is 21.4 Å². The Balaban J connectivity index is 2.05. The molecular weight excluding hydrogens is 290 g/mol. The highest BCUT2D eigenvalue weighted by Gasteiger charge is 2.05. The van der Waals surface area contributed by atoms with E-state index in [9.17, 15) is 9.18 Å². The standard InChI is InChI=1S/C13H9Cl2FN2O/c14-8-4-9(15)6-12(5-8)18-13(19)17-11-3-1-2-10(16)7-11/h1-7H,(H2,17,18,19). The van der Waals surface area contributed by atoms with Crippen LogP contribution < -0.4 is 10.6 Å². The molecule has 0 atom stereocenters. The van der Waals surface area contributed by atoms with Gasteiger partial charge in [0.05, 0.1) is 0 Å². The molecule has 0 spiro atoms. The van der Waals surface area contributed by atoms with Gasteiger partial charge in [-0.1, -0.05) is 29.3 Å². The maximum atomic E-state index is 12.9. The van der Waals surface area contributed by atoms with E-state index in [4.69, 9.17) is 23.2 Å². The van der Waals surface area contributed by atoms with Crippen LogP contribution in [0.1, 0.15) is 0 Å². The molecule has 6 heteroatoms. The lowest BCUT2D eigenvalue weighted by Gasteiger charge is -2.08. The summed E-state index contributed by atoms with van der Waals surface area (Å²) in [5.41, 5.74) is 0.803. The fourth-order valence-electron chi connectivity index (χ4n) is 1.49. The lowest BCUT2D eigenvalue weighted by Crippen LogP contribution is -2.19. The van der Waals surface area contributed by atoms with Crippen LogP contribution >= 0.6 is 23.2 Å². The molecule has 2 aromatic carbocycles. The van der Waals surface area contributed by atoms with Crippen LogP contribution in [0.5, 0.6) is 0 Å². The summed E-state index contributed by atoms with van der Waals surface area (Å²) in [5.74, 6) is -0.427. The third-order valence-electron chi connectivity index (χ3n) is 2.20. The van der Waals surface area contributed by atoms with Gasteiger partial charge in [0.15, 0.2) is 0 Å². The van der Waals surface area contributed by atoms with Gasteiger partial charge in [-0.05, 0) is 36.4 Å². The third-order valence-corrected chi connectivity index (χ3v) is 2.64. The Kier molecular flexibility index (Phi) is 4.24. The van der Waals surface area contributed by atoms with Gasteiger partial charge in [0.25, 0.3) is 0 Å². The quantitative estimate of drug-likeness (QED) is 0.823. The first-order valence-corrected chi connectivity index (χ1v) is 6.08. The van der Waals surface area contributed by atoms with Crippen molar-refractivity contribution in [2.45, 2.75) is 0 Å². The molecule has 0 heterocycles. The molecular formula is C13H9Cl2FN2O. The van der Waals surface area contributed by atoms with Crippen LogP contribution in [0.2, 0.25) is 10.0 Å². The van der Waals surface area contributed by atoms with Crippen LogP contribution in [0.3, 0.4) is 0 Å². The van der Waals surface area contributed by atoms with Gasteiger partial charge in [0.2, 0.25) is 0 Å². The van der Waals surface area contributed by atoms with Gasteiger partial charge in [-0.25, -0.2) is 9.18 Å². The van der Waals surface area contributed by atoms with Crippen molar-refractivity contribution in [3.05, 3.63) is 58.3 Å². The highest BCUT2D eigenvalue weighted by atomic mass is 35.5. The minimum atomic E-state index is -0.510. The van der Waals surface area contributed by atoms with Crippen LogP contribution in [0, 0.1) is 5.82 Å². The number of rotatable bonds is 2. The molecule has 2 amide bonds. The zero-order valence-electron chi connectivity index (χ0n) is 9.58. The van der Waals surface area contributed by atoms with Gasteiger partial charge >= 0.3 is 6.03 Å². The molecule has 2 rings (SSSR count). The van der Waals surface area contributed by atoms with Crippen LogP contribution in [-0.2, 0) is 0 Å². The summed E-state index contributed by atoms with van der Waals surface area (Å²) < 4.78 is 12.9. The minimum Gasteiger partial charge on any atom is -0.308 e. The molecule has 0 radical (unpaired) electrons. The van der Waals surface area contributed by atoms with E-state index < -0.39 is 11.8 Å². The summed E-state index contributed by atoms with van der Waals surface area (Å²) in [6.45, 7) is 0. The highest BCUT2D eigenvalue weighted by Crippen LogP contribution is 2.22. The second-order valence-electron chi connectivity index (χ2n) is 3.75. The van der Waals surface area contributed by atoms with Gasteiger partial charge < -0.3 is 10.6 Å². The number of carbonyl (C=O) groups excluding carboxylic acids is 1. The molecule has 3 nitrogen and oxygen atoms in total. The first-order valence-electron chi connectivity index (χ1n) is 5.32. The van der Waals surface area contributed by atoms with Crippen molar-refractivity contribution in [3.8, 4) is 0 Å². The maximum Gasteiger partial charge on any atom is 0.323 e. The molecule has 0 unspecified atom stereocenters. The number of carbonyl (C=O) groups is 1. The van der Waals surface area contributed by atoms with Crippen molar-refractivity contribution < 1.29 is 9.18 Å². The fourth-order valence-corrected chi connectivity index (χ4v) is 2.01. The number of hydrogen-bond donors (Lipinski definition) is 2. The highest BCUT2D eigenvalue weighted by molar-refractivity contribution is 6.35. The van der Waals surface area contributed by atoms with Crippen LogP contribution in [0.15, 0.2) is 42.5 Å². The van der Waals surface area contributed by atoms with E-state index in [0.717, 1.165) is 0 Å². The number of nitrogens with one attached hydrogen (secondary N) is 2. The SMILES string of the molecule is O=C(Nc1cccc(F)c1)Nc1cc(Cl)cc(Cl)c1. The van der Waals surface area contributed by atoms with Gasteiger partial charge in [0.1, 0.15) is 5.82 Å². The van der Waals surface area contributed by atoms with E-state index in [0.29, 0.717) is 21.4 Å². The zero-order valence-corrected chi connectivity index (χ0v) is 11.1. The maximum absolute atomic E-state index is 12.9. The molecule has 2 N–H and O–H groups in total. The Morgan fingerprint density at radius 2 is 1.58 bits per heavy atom. The van der Waals surface area contributed by atoms with Gasteiger partial charge in [-0.2, -0.15) is 0 Å². The first-order chi connectivity index (χ1) is 9.02. The largest absolute Gasteiger partial charge is 0.323 e. The molecule has 0 saturated heterocycles. The number of amides is 2. The molecule has 0 aliphatic heterocycles. The summed E-state index contributed by atoms with van der Waals surface area (Å²) >= 11 is 11.6. The normalized spacial score (nSPS) is 10.1. The molecule has 0 fully saturated rings. The average Bonchev–Trinajstić information content (AvgIpc) is 2.26. The monoisotopic (exact) mass is 298 g/mol. The second-order valence-corrected chi connectivity index (χ2v) is 4.62. The number of urea groups is 1. The van der Waals surface area contributed by atoms with Crippen LogP contribution in [0.4, 0.5) is 20.6 Å². The minimum absolute atomic E-state index is 0.352. The molecule has 0 saturated carbocycles. The van der Waals surface area contributed by atoms with Crippen LogP contribution in [-0.4, -0.2) is 6.03 Å².